The molecule has 0 saturated heterocycles. The largest absolute Gasteiger partial charge is 0.491 e. The van der Waals surface area contributed by atoms with Crippen molar-refractivity contribution in [2.75, 3.05) is 5.01 Å². The minimum Gasteiger partial charge on any atom is -0.491 e. The van der Waals surface area contributed by atoms with Gasteiger partial charge in [-0.25, -0.2) is 4.98 Å². The van der Waals surface area contributed by atoms with E-state index >= 15 is 0 Å². The molecule has 6 nitrogen and oxygen atoms in total. The fourth-order valence-electron chi connectivity index (χ4n) is 2.85. The number of thiazole rings is 1. The molecule has 152 valence electrons. The minimum atomic E-state index is -0.287. The van der Waals surface area contributed by atoms with Gasteiger partial charge in [-0.1, -0.05) is 17.4 Å². The van der Waals surface area contributed by atoms with Gasteiger partial charge in [0.05, 0.1) is 28.8 Å². The average molecular weight is 420 g/mol. The number of ether oxygens (including phenoxy) is 1. The van der Waals surface area contributed by atoms with Crippen LogP contribution < -0.4 is 9.75 Å². The smallest absolute Gasteiger partial charge is 0.280 e. The van der Waals surface area contributed by atoms with Gasteiger partial charge in [0.25, 0.3) is 5.91 Å². The van der Waals surface area contributed by atoms with Gasteiger partial charge in [0.15, 0.2) is 0 Å². The van der Waals surface area contributed by atoms with Crippen LogP contribution in [0, 0.1) is 6.92 Å². The van der Waals surface area contributed by atoms with Crippen molar-refractivity contribution >= 4 is 38.8 Å². The van der Waals surface area contributed by atoms with Crippen LogP contribution in [0.25, 0.3) is 10.2 Å². The van der Waals surface area contributed by atoms with E-state index in [1.807, 2.05) is 39.0 Å². The van der Waals surface area contributed by atoms with E-state index in [0.29, 0.717) is 22.2 Å². The first-order chi connectivity index (χ1) is 14.5. The molecule has 4 aromatic rings. The van der Waals surface area contributed by atoms with Crippen molar-refractivity contribution < 1.29 is 13.9 Å². The zero-order valence-electron chi connectivity index (χ0n) is 16.9. The van der Waals surface area contributed by atoms with Crippen molar-refractivity contribution in [1.82, 2.24) is 4.98 Å². The molecule has 0 atom stereocenters. The average Bonchev–Trinajstić information content (AvgIpc) is 3.37. The Balaban J connectivity index is 1.69. The highest BCUT2D eigenvalue weighted by atomic mass is 32.1. The molecule has 0 bridgehead atoms. The van der Waals surface area contributed by atoms with E-state index in [9.17, 15) is 4.79 Å². The number of carbonyl (C=O) groups is 1. The predicted molar refractivity (Wildman–Crippen MR) is 120 cm³/mol. The monoisotopic (exact) mass is 419 g/mol. The lowest BCUT2D eigenvalue weighted by Crippen LogP contribution is -2.25. The van der Waals surface area contributed by atoms with Gasteiger partial charge in [-0.3, -0.25) is 4.79 Å². The lowest BCUT2D eigenvalue weighted by molar-refractivity contribution is 0.0988. The van der Waals surface area contributed by atoms with Crippen molar-refractivity contribution in [1.29, 1.82) is 0 Å². The first kappa shape index (κ1) is 19.8. The zero-order chi connectivity index (χ0) is 21.1. The molecule has 1 amide bonds. The molecule has 0 aliphatic rings. The van der Waals surface area contributed by atoms with Gasteiger partial charge < -0.3 is 9.15 Å². The molecule has 0 saturated carbocycles. The molecule has 2 aromatic carbocycles. The maximum Gasteiger partial charge on any atom is 0.280 e. The molecule has 4 rings (SSSR count). The van der Waals surface area contributed by atoms with E-state index in [1.54, 1.807) is 42.7 Å². The predicted octanol–water partition coefficient (Wildman–Crippen LogP) is 5.67. The van der Waals surface area contributed by atoms with Gasteiger partial charge in [-0.05, 0) is 74.9 Å². The number of hydrazone groups is 1. The summed E-state index contributed by atoms with van der Waals surface area (Å²) >= 11 is 1.42. The van der Waals surface area contributed by atoms with Gasteiger partial charge in [-0.15, -0.1) is 0 Å². The number of anilines is 1. The molecular formula is C23H21N3O3S. The fraction of sp³-hybridized carbons (Fsp3) is 0.174. The normalized spacial score (nSPS) is 11.5. The Morgan fingerprint density at radius 1 is 1.20 bits per heavy atom. The topological polar surface area (TPSA) is 67.9 Å². The van der Waals surface area contributed by atoms with Crippen LogP contribution in [0.1, 0.15) is 35.5 Å². The van der Waals surface area contributed by atoms with E-state index in [1.165, 1.54) is 22.6 Å². The number of benzene rings is 2. The second-order valence-corrected chi connectivity index (χ2v) is 8.04. The zero-order valence-corrected chi connectivity index (χ0v) is 17.7. The van der Waals surface area contributed by atoms with E-state index in [0.717, 1.165) is 15.8 Å². The first-order valence-corrected chi connectivity index (χ1v) is 10.4. The second-order valence-electron chi connectivity index (χ2n) is 7.04. The summed E-state index contributed by atoms with van der Waals surface area (Å²) in [6, 6.07) is 16.5. The van der Waals surface area contributed by atoms with Gasteiger partial charge in [-0.2, -0.15) is 10.1 Å². The van der Waals surface area contributed by atoms with Crippen LogP contribution in [0.3, 0.4) is 0 Å². The molecule has 0 aliphatic carbocycles. The third kappa shape index (κ3) is 4.41. The molecule has 30 heavy (non-hydrogen) atoms. The third-order valence-electron chi connectivity index (χ3n) is 4.22. The van der Waals surface area contributed by atoms with Crippen LogP contribution >= 0.6 is 11.3 Å². The number of aryl methyl sites for hydroxylation is 1. The van der Waals surface area contributed by atoms with Gasteiger partial charge in [0.1, 0.15) is 11.5 Å². The van der Waals surface area contributed by atoms with Crippen molar-refractivity contribution in [3.8, 4) is 5.75 Å². The summed E-state index contributed by atoms with van der Waals surface area (Å²) in [5.74, 6) is 0.970. The first-order valence-electron chi connectivity index (χ1n) is 9.55. The van der Waals surface area contributed by atoms with Crippen molar-refractivity contribution in [2.45, 2.75) is 26.9 Å². The Bertz CT molecular complexity index is 1180. The van der Waals surface area contributed by atoms with Gasteiger partial charge >= 0.3 is 0 Å². The molecule has 2 heterocycles. The number of rotatable bonds is 6. The minimum absolute atomic E-state index is 0.0622. The van der Waals surface area contributed by atoms with E-state index in [-0.39, 0.29) is 12.0 Å². The summed E-state index contributed by atoms with van der Waals surface area (Å²) in [6.45, 7) is 5.94. The Morgan fingerprint density at radius 3 is 2.70 bits per heavy atom. The van der Waals surface area contributed by atoms with Crippen LogP contribution in [-0.2, 0) is 0 Å². The number of aromatic nitrogens is 1. The number of furan rings is 1. The Labute approximate surface area is 178 Å². The summed E-state index contributed by atoms with van der Waals surface area (Å²) < 4.78 is 12.0. The Kier molecular flexibility index (Phi) is 5.63. The Hall–Kier alpha value is -3.45. The number of hydrogen-bond acceptors (Lipinski definition) is 6. The van der Waals surface area contributed by atoms with E-state index in [4.69, 9.17) is 9.15 Å². The molecular weight excluding hydrogens is 398 g/mol. The number of amides is 1. The number of fused-ring (bicyclic) bond motifs is 1. The van der Waals surface area contributed by atoms with Crippen LogP contribution in [0.2, 0.25) is 0 Å². The molecule has 0 fully saturated rings. The van der Waals surface area contributed by atoms with Gasteiger partial charge in [0.2, 0.25) is 5.13 Å². The highest BCUT2D eigenvalue weighted by molar-refractivity contribution is 7.22. The lowest BCUT2D eigenvalue weighted by atomic mass is 10.2. The molecule has 7 heteroatoms. The standard InChI is InChI=1S/C23H21N3O3S/c1-15(2)29-18-9-7-17(8-10-18)22(27)26(24-14-19-5-4-12-28-19)23-25-20-11-6-16(3)13-21(20)30-23/h4-15H,1-3H3/b24-14+. The number of nitrogens with zero attached hydrogens (tertiary/aromatic N) is 3. The van der Waals surface area contributed by atoms with Crippen molar-refractivity contribution in [2.24, 2.45) is 5.10 Å². The highest BCUT2D eigenvalue weighted by Crippen LogP contribution is 2.31. The highest BCUT2D eigenvalue weighted by Gasteiger charge is 2.21. The Morgan fingerprint density at radius 2 is 2.00 bits per heavy atom. The molecule has 0 N–H and O–H groups in total. The van der Waals surface area contributed by atoms with E-state index < -0.39 is 0 Å². The summed E-state index contributed by atoms with van der Waals surface area (Å²) in [5, 5.41) is 6.18. The summed E-state index contributed by atoms with van der Waals surface area (Å²) in [6.07, 6.45) is 3.12. The quantitative estimate of drug-likeness (QED) is 0.298. The van der Waals surface area contributed by atoms with E-state index in [2.05, 4.69) is 10.1 Å². The summed E-state index contributed by atoms with van der Waals surface area (Å²) in [7, 11) is 0. The molecule has 2 aromatic heterocycles. The molecule has 0 spiro atoms. The van der Waals surface area contributed by atoms with Crippen LogP contribution in [-0.4, -0.2) is 23.2 Å². The van der Waals surface area contributed by atoms with Crippen molar-refractivity contribution in [3.05, 3.63) is 77.7 Å². The number of carbonyl (C=O) groups excluding carboxylic acids is 1. The maximum atomic E-state index is 13.3. The maximum absolute atomic E-state index is 13.3. The molecule has 0 aliphatic heterocycles. The van der Waals surface area contributed by atoms with Crippen LogP contribution in [0.15, 0.2) is 70.4 Å². The van der Waals surface area contributed by atoms with Gasteiger partial charge in [0, 0.05) is 5.56 Å². The SMILES string of the molecule is Cc1ccc2nc(N(/N=C/c3ccco3)C(=O)c3ccc(OC(C)C)cc3)sc2c1. The third-order valence-corrected chi connectivity index (χ3v) is 5.22. The summed E-state index contributed by atoms with van der Waals surface area (Å²) in [4.78, 5) is 17.9. The number of hydrogen-bond donors (Lipinski definition) is 0. The second kappa shape index (κ2) is 8.51. The molecule has 0 unspecified atom stereocenters. The van der Waals surface area contributed by atoms with Crippen LogP contribution in [0.4, 0.5) is 5.13 Å². The van der Waals surface area contributed by atoms with Crippen molar-refractivity contribution in [3.63, 3.8) is 0 Å². The fourth-order valence-corrected chi connectivity index (χ4v) is 3.87. The lowest BCUT2D eigenvalue weighted by Gasteiger charge is -2.14. The molecule has 0 radical (unpaired) electrons. The van der Waals surface area contributed by atoms with Crippen LogP contribution in [0.5, 0.6) is 5.75 Å². The summed E-state index contributed by atoms with van der Waals surface area (Å²) in [5.41, 5.74) is 2.45.